The summed E-state index contributed by atoms with van der Waals surface area (Å²) in [6.07, 6.45) is 6.58. The third kappa shape index (κ3) is 1.83. The van der Waals surface area contributed by atoms with Crippen LogP contribution in [0.4, 0.5) is 0 Å². The fourth-order valence-corrected chi connectivity index (χ4v) is 2.11. The van der Waals surface area contributed by atoms with E-state index in [2.05, 4.69) is 0 Å². The van der Waals surface area contributed by atoms with Crippen molar-refractivity contribution >= 4 is 5.78 Å². The van der Waals surface area contributed by atoms with Crippen LogP contribution >= 0.6 is 0 Å². The van der Waals surface area contributed by atoms with Crippen LogP contribution in [0.2, 0.25) is 0 Å². The number of carbonyl (C=O) groups excluding carboxylic acids is 1. The monoisotopic (exact) mass is 220 g/mol. The molecule has 0 radical (unpaired) electrons. The molecule has 3 heteroatoms. The third-order valence-corrected chi connectivity index (χ3v) is 3.18. The summed E-state index contributed by atoms with van der Waals surface area (Å²) in [4.78, 5) is 11.6. The summed E-state index contributed by atoms with van der Waals surface area (Å²) >= 11 is 0. The predicted molar refractivity (Wildman–Crippen MR) is 60.6 cm³/mol. The van der Waals surface area contributed by atoms with E-state index in [1.807, 2.05) is 25.2 Å². The first-order chi connectivity index (χ1) is 7.63. The minimum absolute atomic E-state index is 0.00303. The summed E-state index contributed by atoms with van der Waals surface area (Å²) in [6.45, 7) is 4.11. The molecule has 3 nitrogen and oxygen atoms in total. The number of hydrogen-bond acceptors (Lipinski definition) is 3. The number of hydrogen-bond donors (Lipinski definition) is 1. The number of rotatable bonds is 1. The summed E-state index contributed by atoms with van der Waals surface area (Å²) in [6, 6.07) is 0. The maximum absolute atomic E-state index is 11.6. The quantitative estimate of drug-likeness (QED) is 0.730. The summed E-state index contributed by atoms with van der Waals surface area (Å²) in [5.41, 5.74) is 0.884. The number of allylic oxidation sites excluding steroid dienone is 4. The average molecular weight is 220 g/mol. The molecule has 0 amide bonds. The molecule has 0 saturated carbocycles. The van der Waals surface area contributed by atoms with E-state index in [9.17, 15) is 9.90 Å². The van der Waals surface area contributed by atoms with E-state index in [4.69, 9.17) is 4.74 Å². The molecule has 0 bridgehead atoms. The van der Waals surface area contributed by atoms with Crippen LogP contribution in [0.3, 0.4) is 0 Å². The second-order valence-corrected chi connectivity index (χ2v) is 4.29. The molecule has 0 aromatic carbocycles. The highest BCUT2D eigenvalue weighted by molar-refractivity contribution is 5.94. The lowest BCUT2D eigenvalue weighted by Gasteiger charge is -2.34. The number of carbonyl (C=O) groups is 1. The highest BCUT2D eigenvalue weighted by Crippen LogP contribution is 2.33. The Balaban J connectivity index is 2.33. The van der Waals surface area contributed by atoms with Crippen molar-refractivity contribution in [3.05, 3.63) is 35.6 Å². The summed E-state index contributed by atoms with van der Waals surface area (Å²) in [7, 11) is 0. The lowest BCUT2D eigenvalue weighted by molar-refractivity contribution is -0.123. The first-order valence-electron chi connectivity index (χ1n) is 5.54. The van der Waals surface area contributed by atoms with Gasteiger partial charge in [-0.1, -0.05) is 13.0 Å². The molecule has 0 unspecified atom stereocenters. The van der Waals surface area contributed by atoms with E-state index >= 15 is 0 Å². The van der Waals surface area contributed by atoms with Gasteiger partial charge in [-0.2, -0.15) is 0 Å². The second-order valence-electron chi connectivity index (χ2n) is 4.29. The standard InChI is InChI=1S/C13H16O3/c1-3-4-10-5-9-6-12(14)8(2)13(15)11(9)7-16-10/h3-6,8,11,13,15H,7H2,1-2H3/b4-3+/t8-,11+,13+/m1/s1. The maximum Gasteiger partial charge on any atom is 0.161 e. The van der Waals surface area contributed by atoms with Gasteiger partial charge in [0, 0.05) is 11.8 Å². The lowest BCUT2D eigenvalue weighted by atomic mass is 9.78. The van der Waals surface area contributed by atoms with Crippen LogP contribution in [0.5, 0.6) is 0 Å². The molecule has 0 aromatic rings. The Bertz CT molecular complexity index is 390. The fourth-order valence-electron chi connectivity index (χ4n) is 2.11. The molecule has 0 spiro atoms. The van der Waals surface area contributed by atoms with Crippen molar-refractivity contribution < 1.29 is 14.6 Å². The van der Waals surface area contributed by atoms with Crippen molar-refractivity contribution in [1.82, 2.24) is 0 Å². The SMILES string of the molecule is C/C=C/C1=CC2=CC(=O)[C@@H](C)[C@H](O)[C@H]2CO1. The zero-order valence-electron chi connectivity index (χ0n) is 9.51. The van der Waals surface area contributed by atoms with Gasteiger partial charge in [-0.05, 0) is 30.7 Å². The van der Waals surface area contributed by atoms with Gasteiger partial charge in [0.2, 0.25) is 0 Å². The summed E-state index contributed by atoms with van der Waals surface area (Å²) in [5, 5.41) is 9.97. The van der Waals surface area contributed by atoms with Gasteiger partial charge in [0.05, 0.1) is 12.7 Å². The Morgan fingerprint density at radius 1 is 1.50 bits per heavy atom. The number of aliphatic hydroxyl groups excluding tert-OH is 1. The van der Waals surface area contributed by atoms with Crippen LogP contribution in [-0.4, -0.2) is 23.6 Å². The van der Waals surface area contributed by atoms with Gasteiger partial charge in [0.15, 0.2) is 5.78 Å². The van der Waals surface area contributed by atoms with Gasteiger partial charge < -0.3 is 9.84 Å². The zero-order chi connectivity index (χ0) is 11.7. The lowest BCUT2D eigenvalue weighted by Crippen LogP contribution is -2.40. The Morgan fingerprint density at radius 3 is 2.94 bits per heavy atom. The minimum atomic E-state index is -0.629. The molecular weight excluding hydrogens is 204 g/mol. The van der Waals surface area contributed by atoms with Crippen molar-refractivity contribution in [3.8, 4) is 0 Å². The fraction of sp³-hybridized carbons (Fsp3) is 0.462. The van der Waals surface area contributed by atoms with Gasteiger partial charge in [-0.15, -0.1) is 0 Å². The van der Waals surface area contributed by atoms with Crippen molar-refractivity contribution in [3.63, 3.8) is 0 Å². The van der Waals surface area contributed by atoms with Crippen molar-refractivity contribution in [2.24, 2.45) is 11.8 Å². The van der Waals surface area contributed by atoms with Crippen LogP contribution in [0.1, 0.15) is 13.8 Å². The molecular formula is C13H16O3. The van der Waals surface area contributed by atoms with E-state index in [0.717, 1.165) is 11.3 Å². The Morgan fingerprint density at radius 2 is 2.25 bits per heavy atom. The highest BCUT2D eigenvalue weighted by Gasteiger charge is 2.37. The van der Waals surface area contributed by atoms with E-state index in [0.29, 0.717) is 6.61 Å². The molecule has 3 atom stereocenters. The number of aliphatic hydroxyl groups is 1. The van der Waals surface area contributed by atoms with Crippen LogP contribution in [-0.2, 0) is 9.53 Å². The van der Waals surface area contributed by atoms with E-state index < -0.39 is 6.10 Å². The number of fused-ring (bicyclic) bond motifs is 1. The Hall–Kier alpha value is -1.35. The summed E-state index contributed by atoms with van der Waals surface area (Å²) < 4.78 is 5.50. The first-order valence-corrected chi connectivity index (χ1v) is 5.54. The predicted octanol–water partition coefficient (Wildman–Crippen LogP) is 1.60. The van der Waals surface area contributed by atoms with Crippen LogP contribution in [0, 0.1) is 11.8 Å². The molecule has 0 fully saturated rings. The first kappa shape index (κ1) is 11.1. The maximum atomic E-state index is 11.6. The van der Waals surface area contributed by atoms with E-state index in [1.54, 1.807) is 13.0 Å². The average Bonchev–Trinajstić information content (AvgIpc) is 2.26. The normalized spacial score (nSPS) is 34.2. The molecule has 0 aromatic heterocycles. The van der Waals surface area contributed by atoms with Crippen LogP contribution in [0.25, 0.3) is 0 Å². The van der Waals surface area contributed by atoms with Crippen LogP contribution < -0.4 is 0 Å². The Kier molecular flexibility index (Phi) is 2.97. The van der Waals surface area contributed by atoms with Gasteiger partial charge in [-0.25, -0.2) is 0 Å². The van der Waals surface area contributed by atoms with Gasteiger partial charge >= 0.3 is 0 Å². The van der Waals surface area contributed by atoms with E-state index in [-0.39, 0.29) is 17.6 Å². The van der Waals surface area contributed by atoms with E-state index in [1.165, 1.54) is 0 Å². The molecule has 1 aliphatic heterocycles. The molecule has 16 heavy (non-hydrogen) atoms. The molecule has 0 saturated heterocycles. The van der Waals surface area contributed by atoms with Gasteiger partial charge in [0.25, 0.3) is 0 Å². The number of ether oxygens (including phenoxy) is 1. The molecule has 1 aliphatic carbocycles. The van der Waals surface area contributed by atoms with Gasteiger partial charge in [-0.3, -0.25) is 4.79 Å². The number of ketones is 1. The largest absolute Gasteiger partial charge is 0.493 e. The van der Waals surface area contributed by atoms with Gasteiger partial charge in [0.1, 0.15) is 5.76 Å². The minimum Gasteiger partial charge on any atom is -0.493 e. The summed E-state index contributed by atoms with van der Waals surface area (Å²) in [5.74, 6) is 0.354. The molecule has 2 aliphatic rings. The van der Waals surface area contributed by atoms with Crippen molar-refractivity contribution in [2.75, 3.05) is 6.61 Å². The molecule has 2 rings (SSSR count). The molecule has 1 N–H and O–H groups in total. The third-order valence-electron chi connectivity index (χ3n) is 3.18. The molecule has 86 valence electrons. The highest BCUT2D eigenvalue weighted by atomic mass is 16.5. The second kappa shape index (κ2) is 4.26. The van der Waals surface area contributed by atoms with Crippen molar-refractivity contribution in [1.29, 1.82) is 0 Å². The Labute approximate surface area is 95.1 Å². The van der Waals surface area contributed by atoms with Crippen molar-refractivity contribution in [2.45, 2.75) is 20.0 Å². The topological polar surface area (TPSA) is 46.5 Å². The zero-order valence-corrected chi connectivity index (χ0v) is 9.51. The molecule has 1 heterocycles. The smallest absolute Gasteiger partial charge is 0.161 e. The van der Waals surface area contributed by atoms with Crippen LogP contribution in [0.15, 0.2) is 35.6 Å².